The van der Waals surface area contributed by atoms with E-state index in [0.29, 0.717) is 28.1 Å². The van der Waals surface area contributed by atoms with Crippen molar-refractivity contribution in [1.29, 1.82) is 0 Å². The first kappa shape index (κ1) is 22.3. The zero-order valence-corrected chi connectivity index (χ0v) is 18.6. The number of aromatic nitrogens is 1. The Kier molecular flexibility index (Phi) is 5.82. The molecule has 7 nitrogen and oxygen atoms in total. The Morgan fingerprint density at radius 3 is 2.48 bits per heavy atom. The van der Waals surface area contributed by atoms with E-state index in [9.17, 15) is 23.9 Å². The van der Waals surface area contributed by atoms with Crippen molar-refractivity contribution >= 4 is 34.8 Å². The Balaban J connectivity index is 1.88. The predicted molar refractivity (Wildman–Crippen MR) is 123 cm³/mol. The molecule has 0 spiro atoms. The molecule has 0 fully saturated rings. The highest BCUT2D eigenvalue weighted by Gasteiger charge is 2.34. The maximum absolute atomic E-state index is 13.4. The summed E-state index contributed by atoms with van der Waals surface area (Å²) in [5.41, 5.74) is 8.34. The first-order chi connectivity index (χ1) is 15.7. The lowest BCUT2D eigenvalue weighted by molar-refractivity contribution is -0.133. The molecule has 33 heavy (non-hydrogen) atoms. The van der Waals surface area contributed by atoms with Crippen LogP contribution in [0, 0.1) is 19.7 Å². The Morgan fingerprint density at radius 1 is 1.21 bits per heavy atom. The minimum atomic E-state index is -1.18. The number of aryl methyl sites for hydroxylation is 2. The number of hydrogen-bond acceptors (Lipinski definition) is 5. The molecular weight excluding hydrogens is 445 g/mol. The molecule has 1 atom stereocenters. The lowest BCUT2D eigenvalue weighted by atomic mass is 9.85. The monoisotopic (exact) mass is 465 g/mol. The van der Waals surface area contributed by atoms with Crippen LogP contribution in [0.5, 0.6) is 0 Å². The van der Waals surface area contributed by atoms with E-state index in [-0.39, 0.29) is 23.5 Å². The fourth-order valence-electron chi connectivity index (χ4n) is 3.93. The second kappa shape index (κ2) is 8.59. The molecule has 3 N–H and O–H groups in total. The van der Waals surface area contributed by atoms with Gasteiger partial charge < -0.3 is 10.8 Å². The summed E-state index contributed by atoms with van der Waals surface area (Å²) in [4.78, 5) is 43.0. The summed E-state index contributed by atoms with van der Waals surface area (Å²) >= 11 is 1.41. The lowest BCUT2D eigenvalue weighted by Crippen LogP contribution is -2.34. The van der Waals surface area contributed by atoms with Crippen LogP contribution < -0.4 is 10.6 Å². The average molecular weight is 466 g/mol. The molecule has 0 bridgehead atoms. The van der Waals surface area contributed by atoms with Crippen LogP contribution >= 0.6 is 11.3 Å². The fourth-order valence-corrected chi connectivity index (χ4v) is 4.55. The maximum Gasteiger partial charge on any atom is 0.333 e. The molecule has 0 saturated carbocycles. The second-order valence-corrected chi connectivity index (χ2v) is 8.82. The van der Waals surface area contributed by atoms with Gasteiger partial charge in [0.1, 0.15) is 5.82 Å². The summed E-state index contributed by atoms with van der Waals surface area (Å²) in [5.74, 6) is -3.30. The number of thiazole rings is 1. The molecule has 9 heteroatoms. The number of carbonyl (C=O) groups is 3. The molecule has 0 unspecified atom stereocenters. The molecule has 1 aliphatic rings. The molecule has 2 heterocycles. The van der Waals surface area contributed by atoms with Gasteiger partial charge in [0.25, 0.3) is 0 Å². The highest BCUT2D eigenvalue weighted by molar-refractivity contribution is 7.09. The minimum absolute atomic E-state index is 0.00162. The van der Waals surface area contributed by atoms with Crippen LogP contribution in [-0.4, -0.2) is 27.9 Å². The van der Waals surface area contributed by atoms with Crippen LogP contribution in [0.4, 0.5) is 10.1 Å². The minimum Gasteiger partial charge on any atom is -0.478 e. The molecular formula is C24H20FN3O4S. The van der Waals surface area contributed by atoms with Crippen molar-refractivity contribution in [2.24, 2.45) is 5.73 Å². The number of nitrogens with two attached hydrogens (primary N) is 1. The summed E-state index contributed by atoms with van der Waals surface area (Å²) in [7, 11) is 0. The summed E-state index contributed by atoms with van der Waals surface area (Å²) in [5, 5.41) is 12.5. The van der Waals surface area contributed by atoms with Crippen LogP contribution in [0.25, 0.3) is 11.3 Å². The van der Waals surface area contributed by atoms with Gasteiger partial charge >= 0.3 is 5.97 Å². The van der Waals surface area contributed by atoms with Crippen molar-refractivity contribution in [3.05, 3.63) is 81.1 Å². The van der Waals surface area contributed by atoms with Gasteiger partial charge in [-0.1, -0.05) is 12.1 Å². The number of anilines is 1. The molecule has 2 aromatic carbocycles. The third kappa shape index (κ3) is 4.27. The summed E-state index contributed by atoms with van der Waals surface area (Å²) in [6.07, 6.45) is 1.18. The summed E-state index contributed by atoms with van der Waals surface area (Å²) in [6, 6.07) is 8.65. The Hall–Kier alpha value is -3.85. The standard InChI is InChI=1S/C24H20FN3O4S/c1-12-7-21(18(8-16(12)23(26)30)20-11-33-13(2)27-20)28-10-19(24(31)32)17(9-22(28)29)14-3-5-15(25)6-4-14/h3-8,10-11,17H,9H2,1-2H3,(H2,26,30)(H,31,32)/t17-/m0/s1. The normalized spacial score (nSPS) is 16.0. The van der Waals surface area contributed by atoms with Crippen molar-refractivity contribution in [2.75, 3.05) is 4.90 Å². The second-order valence-electron chi connectivity index (χ2n) is 7.76. The smallest absolute Gasteiger partial charge is 0.333 e. The third-order valence-corrected chi connectivity index (χ3v) is 6.35. The van der Waals surface area contributed by atoms with E-state index in [1.807, 2.05) is 6.92 Å². The van der Waals surface area contributed by atoms with Crippen LogP contribution in [0.2, 0.25) is 0 Å². The van der Waals surface area contributed by atoms with Gasteiger partial charge in [0.2, 0.25) is 11.8 Å². The molecule has 3 aromatic rings. The molecule has 168 valence electrons. The van der Waals surface area contributed by atoms with Gasteiger partial charge in [-0.15, -0.1) is 11.3 Å². The summed E-state index contributed by atoms with van der Waals surface area (Å²) < 4.78 is 13.4. The van der Waals surface area contributed by atoms with E-state index < -0.39 is 23.6 Å². The van der Waals surface area contributed by atoms with Crippen LogP contribution in [0.15, 0.2) is 53.6 Å². The Morgan fingerprint density at radius 2 is 1.91 bits per heavy atom. The number of amides is 2. The molecule has 4 rings (SSSR count). The highest BCUT2D eigenvalue weighted by atomic mass is 32.1. The zero-order chi connectivity index (χ0) is 23.9. The van der Waals surface area contributed by atoms with Crippen molar-refractivity contribution in [2.45, 2.75) is 26.2 Å². The van der Waals surface area contributed by atoms with E-state index in [4.69, 9.17) is 5.73 Å². The predicted octanol–water partition coefficient (Wildman–Crippen LogP) is 4.15. The van der Waals surface area contributed by atoms with E-state index >= 15 is 0 Å². The molecule has 0 aliphatic carbocycles. The molecule has 2 amide bonds. The first-order valence-electron chi connectivity index (χ1n) is 10.0. The van der Waals surface area contributed by atoms with Gasteiger partial charge in [0.15, 0.2) is 0 Å². The number of primary amides is 1. The van der Waals surface area contributed by atoms with E-state index in [2.05, 4.69) is 4.98 Å². The van der Waals surface area contributed by atoms with Crippen molar-refractivity contribution in [1.82, 2.24) is 4.98 Å². The largest absolute Gasteiger partial charge is 0.478 e. The summed E-state index contributed by atoms with van der Waals surface area (Å²) in [6.45, 7) is 3.52. The quantitative estimate of drug-likeness (QED) is 0.588. The molecule has 0 saturated heterocycles. The number of carboxylic acids is 1. The van der Waals surface area contributed by atoms with Crippen molar-refractivity contribution in [3.63, 3.8) is 0 Å². The number of rotatable bonds is 5. The third-order valence-electron chi connectivity index (χ3n) is 5.57. The number of aliphatic carboxylic acids is 1. The van der Waals surface area contributed by atoms with E-state index in [1.165, 1.54) is 46.7 Å². The number of carbonyl (C=O) groups excluding carboxylic acids is 2. The maximum atomic E-state index is 13.4. The zero-order valence-electron chi connectivity index (χ0n) is 17.8. The number of benzene rings is 2. The number of hydrogen-bond donors (Lipinski definition) is 2. The van der Waals surface area contributed by atoms with Crippen molar-refractivity contribution < 1.29 is 23.9 Å². The van der Waals surface area contributed by atoms with Crippen molar-refractivity contribution in [3.8, 4) is 11.3 Å². The topological polar surface area (TPSA) is 114 Å². The van der Waals surface area contributed by atoms with Crippen LogP contribution in [-0.2, 0) is 9.59 Å². The molecule has 1 aliphatic heterocycles. The van der Waals surface area contributed by atoms with Gasteiger partial charge in [-0.05, 0) is 49.2 Å². The van der Waals surface area contributed by atoms with Gasteiger partial charge in [-0.2, -0.15) is 0 Å². The lowest BCUT2D eigenvalue weighted by Gasteiger charge is -2.31. The van der Waals surface area contributed by atoms with E-state index in [0.717, 1.165) is 5.01 Å². The Labute approximate surface area is 193 Å². The van der Waals surface area contributed by atoms with Crippen LogP contribution in [0.3, 0.4) is 0 Å². The number of carboxylic acid groups (broad SMARTS) is 1. The number of halogens is 1. The molecule has 0 radical (unpaired) electrons. The first-order valence-corrected chi connectivity index (χ1v) is 10.9. The fraction of sp³-hybridized carbons (Fsp3) is 0.167. The average Bonchev–Trinajstić information content (AvgIpc) is 3.19. The molecule has 1 aromatic heterocycles. The van der Waals surface area contributed by atoms with Gasteiger partial charge in [0.05, 0.1) is 22.0 Å². The highest BCUT2D eigenvalue weighted by Crippen LogP contribution is 2.40. The number of nitrogens with zero attached hydrogens (tertiary/aromatic N) is 2. The van der Waals surface area contributed by atoms with Gasteiger partial charge in [-0.3, -0.25) is 14.5 Å². The van der Waals surface area contributed by atoms with Gasteiger partial charge in [-0.25, -0.2) is 14.2 Å². The van der Waals surface area contributed by atoms with Crippen LogP contribution in [0.1, 0.15) is 38.8 Å². The Bertz CT molecular complexity index is 1310. The van der Waals surface area contributed by atoms with E-state index in [1.54, 1.807) is 24.4 Å². The SMILES string of the molecule is Cc1nc(-c2cc(C(N)=O)c(C)cc2N2C=C(C(=O)O)[C@H](c3ccc(F)cc3)CC2=O)cs1. The van der Waals surface area contributed by atoms with Gasteiger partial charge in [0, 0.05) is 35.0 Å².